The van der Waals surface area contributed by atoms with Crippen molar-refractivity contribution in [1.29, 1.82) is 0 Å². The van der Waals surface area contributed by atoms with Crippen LogP contribution in [-0.2, 0) is 0 Å². The van der Waals surface area contributed by atoms with Crippen LogP contribution in [0.15, 0.2) is 227 Å². The molecule has 3 aromatic heterocycles. The highest BCUT2D eigenvalue weighted by Gasteiger charge is 2.27. The summed E-state index contributed by atoms with van der Waals surface area (Å²) < 4.78 is 12.1. The number of hydrogen-bond donors (Lipinski definition) is 1. The zero-order chi connectivity index (χ0) is 41.4. The molecule has 1 aliphatic heterocycles. The van der Waals surface area contributed by atoms with Crippen LogP contribution >= 0.6 is 0 Å². The van der Waals surface area contributed by atoms with Gasteiger partial charge >= 0.3 is 0 Å². The normalized spacial score (nSPS) is 14.2. The van der Waals surface area contributed by atoms with Crippen molar-refractivity contribution in [3.8, 4) is 22.5 Å². The Morgan fingerprint density at radius 1 is 0.429 bits per heavy atom. The fourth-order valence-electron chi connectivity index (χ4n) is 9.78. The topological polar surface area (TPSA) is 59.8 Å². The maximum atomic E-state index is 7.37. The molecule has 4 heterocycles. The van der Waals surface area contributed by atoms with E-state index in [4.69, 9.17) is 14.4 Å². The minimum Gasteiger partial charge on any atom is -0.453 e. The van der Waals surface area contributed by atoms with E-state index in [2.05, 4.69) is 203 Å². The van der Waals surface area contributed by atoms with Crippen molar-refractivity contribution in [3.05, 3.63) is 229 Å². The third-order valence-corrected chi connectivity index (χ3v) is 12.6. The molecular weight excluding hydrogens is 771 g/mol. The lowest BCUT2D eigenvalue weighted by molar-refractivity contribution is 0.666. The first-order valence-corrected chi connectivity index (χ1v) is 21.4. The summed E-state index contributed by atoms with van der Waals surface area (Å²) in [4.78, 5) is 10.7. The number of nitrogens with zero attached hydrogens (tertiary/aromatic N) is 4. The van der Waals surface area contributed by atoms with E-state index in [-0.39, 0.29) is 6.17 Å². The predicted molar refractivity (Wildman–Crippen MR) is 260 cm³/mol. The minimum atomic E-state index is -0.360. The molecule has 0 bridgehead atoms. The molecule has 296 valence electrons. The lowest BCUT2D eigenvalue weighted by Gasteiger charge is -2.24. The van der Waals surface area contributed by atoms with Crippen molar-refractivity contribution in [2.24, 2.45) is 9.98 Å². The molecule has 0 radical (unpaired) electrons. The first-order valence-electron chi connectivity index (χ1n) is 21.4. The second kappa shape index (κ2) is 14.0. The Balaban J connectivity index is 1.12. The second-order valence-corrected chi connectivity index (χ2v) is 16.1. The highest BCUT2D eigenvalue weighted by atomic mass is 16.3. The van der Waals surface area contributed by atoms with Crippen LogP contribution < -0.4 is 5.32 Å². The molecule has 6 heteroatoms. The number of furan rings is 1. The van der Waals surface area contributed by atoms with Crippen LogP contribution in [-0.4, -0.2) is 20.8 Å². The molecule has 0 saturated heterocycles. The predicted octanol–water partition coefficient (Wildman–Crippen LogP) is 13.9. The maximum Gasteiger partial charge on any atom is 0.160 e. The average Bonchev–Trinajstić information content (AvgIpc) is 4.02. The van der Waals surface area contributed by atoms with Crippen LogP contribution in [0.25, 0.3) is 88.1 Å². The van der Waals surface area contributed by atoms with Gasteiger partial charge in [-0.25, -0.2) is 9.98 Å². The summed E-state index contributed by atoms with van der Waals surface area (Å²) in [6.45, 7) is 0. The van der Waals surface area contributed by atoms with E-state index in [9.17, 15) is 0 Å². The summed E-state index contributed by atoms with van der Waals surface area (Å²) >= 11 is 0. The van der Waals surface area contributed by atoms with Crippen molar-refractivity contribution < 1.29 is 4.42 Å². The average molecular weight is 808 g/mol. The van der Waals surface area contributed by atoms with Gasteiger partial charge in [0, 0.05) is 54.7 Å². The third-order valence-electron chi connectivity index (χ3n) is 12.6. The van der Waals surface area contributed by atoms with Gasteiger partial charge in [0.2, 0.25) is 0 Å². The molecule has 0 spiro atoms. The van der Waals surface area contributed by atoms with Gasteiger partial charge < -0.3 is 18.9 Å². The van der Waals surface area contributed by atoms with Crippen molar-refractivity contribution >= 4 is 77.2 Å². The zero-order valence-electron chi connectivity index (χ0n) is 34.0. The van der Waals surface area contributed by atoms with Gasteiger partial charge in [-0.15, -0.1) is 0 Å². The number of hydrogen-bond acceptors (Lipinski definition) is 4. The molecule has 12 aromatic rings. The Bertz CT molecular complexity index is 3770. The summed E-state index contributed by atoms with van der Waals surface area (Å²) in [5.74, 6) is 1.40. The van der Waals surface area contributed by atoms with Gasteiger partial charge in [0.15, 0.2) is 11.4 Å². The highest BCUT2D eigenvalue weighted by Crippen LogP contribution is 2.44. The number of aliphatic imine (C=N–C) groups is 2. The third kappa shape index (κ3) is 5.51. The van der Waals surface area contributed by atoms with Gasteiger partial charge in [0.1, 0.15) is 17.6 Å². The standard InChI is InChI=1S/C57H37N5O/c1-4-17-36(18-5-1)55-58-56(37-19-6-2-7-20-37)60-57(59-55)45-33-32-44-43-26-16-30-51(62-48-28-14-10-23-40(48)41-24-11-15-29-49(41)62)53(43)63-54(44)52(45)38-31-34-50-46(35-38)42-25-12-13-27-47(42)61(50)39-21-8-3-9-22-39/h1-35,55H,(H,58,59,60). The quantitative estimate of drug-likeness (QED) is 0.182. The fraction of sp³-hybridized carbons (Fsp3) is 0.0175. The summed E-state index contributed by atoms with van der Waals surface area (Å²) in [6, 6.07) is 74.9. The fourth-order valence-corrected chi connectivity index (χ4v) is 9.78. The van der Waals surface area contributed by atoms with Gasteiger partial charge in [-0.1, -0.05) is 152 Å². The molecule has 13 rings (SSSR count). The van der Waals surface area contributed by atoms with E-state index in [0.717, 1.165) is 94.4 Å². The van der Waals surface area contributed by atoms with Crippen molar-refractivity contribution in [2.75, 3.05) is 0 Å². The van der Waals surface area contributed by atoms with E-state index in [1.54, 1.807) is 0 Å². The number of para-hydroxylation sites is 5. The first-order chi connectivity index (χ1) is 31.3. The number of fused-ring (bicyclic) bond motifs is 9. The van der Waals surface area contributed by atoms with Crippen molar-refractivity contribution in [2.45, 2.75) is 6.17 Å². The molecule has 63 heavy (non-hydrogen) atoms. The lowest BCUT2D eigenvalue weighted by atomic mass is 9.94. The van der Waals surface area contributed by atoms with E-state index in [0.29, 0.717) is 5.84 Å². The van der Waals surface area contributed by atoms with E-state index < -0.39 is 0 Å². The van der Waals surface area contributed by atoms with Crippen LogP contribution in [0, 0.1) is 0 Å². The van der Waals surface area contributed by atoms with Gasteiger partial charge in [-0.3, -0.25) is 0 Å². The maximum absolute atomic E-state index is 7.37. The summed E-state index contributed by atoms with van der Waals surface area (Å²) in [5, 5.41) is 10.5. The molecule has 1 unspecified atom stereocenters. The van der Waals surface area contributed by atoms with Gasteiger partial charge in [-0.05, 0) is 71.8 Å². The smallest absolute Gasteiger partial charge is 0.160 e. The summed E-state index contributed by atoms with van der Waals surface area (Å²) in [6.07, 6.45) is -0.360. The van der Waals surface area contributed by atoms with Crippen LogP contribution in [0.5, 0.6) is 0 Å². The summed E-state index contributed by atoms with van der Waals surface area (Å²) in [7, 11) is 0. The van der Waals surface area contributed by atoms with Gasteiger partial charge in [0.05, 0.1) is 27.8 Å². The molecule has 0 fully saturated rings. The van der Waals surface area contributed by atoms with E-state index in [1.807, 2.05) is 24.3 Å². The molecule has 1 N–H and O–H groups in total. The number of amidine groups is 2. The summed E-state index contributed by atoms with van der Waals surface area (Å²) in [5.41, 5.74) is 13.2. The zero-order valence-corrected chi connectivity index (χ0v) is 34.0. The van der Waals surface area contributed by atoms with E-state index >= 15 is 0 Å². The lowest BCUT2D eigenvalue weighted by Crippen LogP contribution is -2.33. The number of benzene rings is 9. The van der Waals surface area contributed by atoms with E-state index in [1.165, 1.54) is 16.2 Å². The Morgan fingerprint density at radius 2 is 1.00 bits per heavy atom. The molecule has 0 aliphatic carbocycles. The first kappa shape index (κ1) is 35.3. The number of nitrogens with one attached hydrogen (secondary N) is 1. The number of aromatic nitrogens is 2. The molecule has 6 nitrogen and oxygen atoms in total. The molecule has 1 atom stereocenters. The molecule has 9 aromatic carbocycles. The van der Waals surface area contributed by atoms with Crippen LogP contribution in [0.2, 0.25) is 0 Å². The molecular formula is C57H37N5O. The molecule has 1 aliphatic rings. The number of rotatable bonds is 6. The highest BCUT2D eigenvalue weighted by molar-refractivity contribution is 6.22. The van der Waals surface area contributed by atoms with Crippen LogP contribution in [0.3, 0.4) is 0 Å². The van der Waals surface area contributed by atoms with Gasteiger partial charge in [-0.2, -0.15) is 0 Å². The molecule has 0 amide bonds. The Labute approximate surface area is 362 Å². The van der Waals surface area contributed by atoms with Crippen molar-refractivity contribution in [3.63, 3.8) is 0 Å². The largest absolute Gasteiger partial charge is 0.453 e. The second-order valence-electron chi connectivity index (χ2n) is 16.1. The Hall–Kier alpha value is -8.48. The van der Waals surface area contributed by atoms with Gasteiger partial charge in [0.25, 0.3) is 0 Å². The Morgan fingerprint density at radius 3 is 1.71 bits per heavy atom. The van der Waals surface area contributed by atoms with Crippen LogP contribution in [0.4, 0.5) is 0 Å². The Kier molecular flexibility index (Phi) is 7.87. The SMILES string of the molecule is c1ccc(C2=NC(c3ccc4c(oc5c(-n6c7ccccc7c7ccccc76)cccc54)c3-c3ccc4c(c3)c3ccccc3n4-c3ccccc3)=NC(c3ccccc3)N2)cc1. The van der Waals surface area contributed by atoms with Crippen LogP contribution in [0.1, 0.15) is 22.9 Å². The monoisotopic (exact) mass is 807 g/mol. The molecule has 0 saturated carbocycles. The minimum absolute atomic E-state index is 0.360. The van der Waals surface area contributed by atoms with Crippen molar-refractivity contribution in [1.82, 2.24) is 14.5 Å².